The van der Waals surface area contributed by atoms with E-state index in [9.17, 15) is 4.79 Å². The molecule has 0 saturated carbocycles. The fourth-order valence-electron chi connectivity index (χ4n) is 3.42. The Kier molecular flexibility index (Phi) is 3.12. The fraction of sp³-hybridized carbons (Fsp3) is 0.467. The van der Waals surface area contributed by atoms with Crippen molar-refractivity contribution in [2.45, 2.75) is 18.9 Å². The number of aromatic nitrogens is 1. The predicted octanol–water partition coefficient (Wildman–Crippen LogP) is 2.31. The third-order valence-corrected chi connectivity index (χ3v) is 4.86. The summed E-state index contributed by atoms with van der Waals surface area (Å²) in [4.78, 5) is 19.0. The second kappa shape index (κ2) is 5.00. The molecule has 2 bridgehead atoms. The van der Waals surface area contributed by atoms with Crippen LogP contribution < -0.4 is 5.32 Å². The number of halogens is 1. The number of pyridine rings is 1. The molecule has 0 aromatic carbocycles. The number of carbonyl (C=O) groups is 1. The Labute approximate surface area is 127 Å². The maximum absolute atomic E-state index is 12.4. The van der Waals surface area contributed by atoms with Crippen LogP contribution >= 0.6 is 11.6 Å². The van der Waals surface area contributed by atoms with Gasteiger partial charge in [0.25, 0.3) is 5.91 Å². The number of carbonyl (C=O) groups excluding carboxylic acids is 1. The maximum Gasteiger partial charge on any atom is 0.270 e. The lowest BCUT2D eigenvalue weighted by molar-refractivity contribution is 0.0618. The van der Waals surface area contributed by atoms with E-state index in [4.69, 9.17) is 16.0 Å². The van der Waals surface area contributed by atoms with Gasteiger partial charge in [0.05, 0.1) is 6.26 Å². The van der Waals surface area contributed by atoms with E-state index in [1.165, 1.54) is 12.8 Å². The van der Waals surface area contributed by atoms with Crippen LogP contribution in [0.3, 0.4) is 0 Å². The number of nitrogens with one attached hydrogen (secondary N) is 1. The average molecular weight is 306 g/mol. The lowest BCUT2D eigenvalue weighted by Gasteiger charge is -2.44. The molecular weight excluding hydrogens is 290 g/mol. The Morgan fingerprint density at radius 1 is 1.43 bits per heavy atom. The third-order valence-electron chi connectivity index (χ3n) is 4.60. The van der Waals surface area contributed by atoms with E-state index in [1.54, 1.807) is 18.4 Å². The van der Waals surface area contributed by atoms with E-state index < -0.39 is 0 Å². The highest BCUT2D eigenvalue weighted by Gasteiger charge is 2.35. The quantitative estimate of drug-likeness (QED) is 0.865. The van der Waals surface area contributed by atoms with Crippen molar-refractivity contribution in [1.29, 1.82) is 0 Å². The van der Waals surface area contributed by atoms with Gasteiger partial charge in [-0.2, -0.15) is 0 Å². The summed E-state index contributed by atoms with van der Waals surface area (Å²) in [5, 5.41) is 4.15. The summed E-state index contributed by atoms with van der Waals surface area (Å²) in [6.07, 6.45) is 3.88. The zero-order chi connectivity index (χ0) is 14.4. The van der Waals surface area contributed by atoms with Gasteiger partial charge in [0.2, 0.25) is 0 Å². The molecule has 6 heteroatoms. The number of hydrogen-bond donors (Lipinski definition) is 1. The summed E-state index contributed by atoms with van der Waals surface area (Å²) >= 11 is 6.06. The molecule has 2 aromatic rings. The molecule has 110 valence electrons. The van der Waals surface area contributed by atoms with Gasteiger partial charge in [0, 0.05) is 18.0 Å². The number of rotatable bonds is 2. The monoisotopic (exact) mass is 305 g/mol. The Bertz CT molecular complexity index is 691. The van der Waals surface area contributed by atoms with Gasteiger partial charge in [0.15, 0.2) is 10.7 Å². The van der Waals surface area contributed by atoms with Gasteiger partial charge in [0.1, 0.15) is 5.69 Å². The van der Waals surface area contributed by atoms with Gasteiger partial charge >= 0.3 is 0 Å². The van der Waals surface area contributed by atoms with Crippen molar-refractivity contribution in [1.82, 2.24) is 15.2 Å². The Morgan fingerprint density at radius 3 is 2.95 bits per heavy atom. The lowest BCUT2D eigenvalue weighted by Crippen LogP contribution is -2.57. The largest absolute Gasteiger partial charge is 0.461 e. The minimum Gasteiger partial charge on any atom is -0.461 e. The van der Waals surface area contributed by atoms with Crippen LogP contribution in [0.25, 0.3) is 11.0 Å². The molecule has 3 saturated heterocycles. The number of nitrogens with zero attached hydrogens (tertiary/aromatic N) is 2. The summed E-state index contributed by atoms with van der Waals surface area (Å²) in [6, 6.07) is 3.73. The third kappa shape index (κ3) is 2.30. The topological polar surface area (TPSA) is 58.4 Å². The highest BCUT2D eigenvalue weighted by molar-refractivity contribution is 6.33. The predicted molar refractivity (Wildman–Crippen MR) is 79.4 cm³/mol. The molecule has 1 atom stereocenters. The van der Waals surface area contributed by atoms with Crippen molar-refractivity contribution in [2.24, 2.45) is 5.92 Å². The van der Waals surface area contributed by atoms with Crippen molar-refractivity contribution in [3.8, 4) is 0 Å². The number of piperidine rings is 3. The van der Waals surface area contributed by atoms with Gasteiger partial charge in [-0.05, 0) is 44.0 Å². The highest BCUT2D eigenvalue weighted by atomic mass is 35.5. The molecule has 5 heterocycles. The number of amides is 1. The van der Waals surface area contributed by atoms with Crippen LogP contribution in [0.2, 0.25) is 5.15 Å². The smallest absolute Gasteiger partial charge is 0.270 e. The lowest BCUT2D eigenvalue weighted by atomic mass is 9.84. The standard InChI is InChI=1S/C15H16ClN3O2/c16-14-13-10(3-6-21-13)7-11(17-14)15(20)18-12-8-19-4-1-9(12)2-5-19/h3,6-7,9,12H,1-2,4-5,8H2,(H,18,20)/t12-/m1/s1. The molecule has 0 unspecified atom stereocenters. The first kappa shape index (κ1) is 13.1. The van der Waals surface area contributed by atoms with E-state index in [0.29, 0.717) is 17.2 Å². The summed E-state index contributed by atoms with van der Waals surface area (Å²) in [6.45, 7) is 3.25. The average Bonchev–Trinajstić information content (AvgIpc) is 2.97. The Hall–Kier alpha value is -1.59. The SMILES string of the molecule is O=C(N[C@@H]1CN2CCC1CC2)c1cc2ccoc2c(Cl)n1. The summed E-state index contributed by atoms with van der Waals surface area (Å²) in [5.74, 6) is 0.436. The molecule has 5 nitrogen and oxygen atoms in total. The first-order chi connectivity index (χ1) is 10.2. The number of hydrogen-bond acceptors (Lipinski definition) is 4. The Morgan fingerprint density at radius 2 is 2.24 bits per heavy atom. The van der Waals surface area contributed by atoms with Crippen molar-refractivity contribution >= 4 is 28.5 Å². The van der Waals surface area contributed by atoms with Crippen LogP contribution in [-0.4, -0.2) is 41.5 Å². The molecule has 5 rings (SSSR count). The second-order valence-electron chi connectivity index (χ2n) is 5.86. The summed E-state index contributed by atoms with van der Waals surface area (Å²) in [7, 11) is 0. The zero-order valence-electron chi connectivity index (χ0n) is 11.5. The minimum absolute atomic E-state index is 0.154. The maximum atomic E-state index is 12.4. The van der Waals surface area contributed by atoms with Crippen LogP contribution in [0.1, 0.15) is 23.3 Å². The molecule has 21 heavy (non-hydrogen) atoms. The van der Waals surface area contributed by atoms with Crippen LogP contribution in [0.5, 0.6) is 0 Å². The molecule has 0 aliphatic carbocycles. The van der Waals surface area contributed by atoms with Gasteiger partial charge in [-0.25, -0.2) is 4.98 Å². The van der Waals surface area contributed by atoms with E-state index in [0.717, 1.165) is 25.0 Å². The molecule has 2 aromatic heterocycles. The molecule has 1 N–H and O–H groups in total. The van der Waals surface area contributed by atoms with Crippen molar-refractivity contribution in [2.75, 3.05) is 19.6 Å². The summed E-state index contributed by atoms with van der Waals surface area (Å²) < 4.78 is 5.24. The van der Waals surface area contributed by atoms with Gasteiger partial charge in [-0.15, -0.1) is 0 Å². The minimum atomic E-state index is -0.154. The van der Waals surface area contributed by atoms with Gasteiger partial charge in [-0.3, -0.25) is 4.79 Å². The number of furan rings is 1. The Balaban J connectivity index is 1.56. The second-order valence-corrected chi connectivity index (χ2v) is 6.21. The van der Waals surface area contributed by atoms with Gasteiger partial charge < -0.3 is 14.6 Å². The number of fused-ring (bicyclic) bond motifs is 4. The van der Waals surface area contributed by atoms with Crippen LogP contribution in [0, 0.1) is 5.92 Å². The molecule has 3 fully saturated rings. The molecule has 3 aliphatic rings. The zero-order valence-corrected chi connectivity index (χ0v) is 12.3. The van der Waals surface area contributed by atoms with Crippen molar-refractivity contribution in [3.63, 3.8) is 0 Å². The van der Waals surface area contributed by atoms with Crippen LogP contribution in [0.15, 0.2) is 22.8 Å². The molecular formula is C15H16ClN3O2. The van der Waals surface area contributed by atoms with E-state index in [1.807, 2.05) is 0 Å². The van der Waals surface area contributed by atoms with Crippen molar-refractivity contribution in [3.05, 3.63) is 29.2 Å². The van der Waals surface area contributed by atoms with Crippen molar-refractivity contribution < 1.29 is 9.21 Å². The highest BCUT2D eigenvalue weighted by Crippen LogP contribution is 2.28. The molecule has 0 spiro atoms. The first-order valence-electron chi connectivity index (χ1n) is 7.27. The molecule has 0 radical (unpaired) electrons. The fourth-order valence-corrected chi connectivity index (χ4v) is 3.67. The van der Waals surface area contributed by atoms with Crippen LogP contribution in [0.4, 0.5) is 0 Å². The van der Waals surface area contributed by atoms with E-state index in [-0.39, 0.29) is 17.1 Å². The van der Waals surface area contributed by atoms with E-state index in [2.05, 4.69) is 15.2 Å². The molecule has 3 aliphatic heterocycles. The van der Waals surface area contributed by atoms with E-state index >= 15 is 0 Å². The van der Waals surface area contributed by atoms with Gasteiger partial charge in [-0.1, -0.05) is 11.6 Å². The normalized spacial score (nSPS) is 28.0. The first-order valence-corrected chi connectivity index (χ1v) is 7.65. The summed E-state index contributed by atoms with van der Waals surface area (Å²) in [5.41, 5.74) is 0.876. The molecule has 1 amide bonds. The van der Waals surface area contributed by atoms with Crippen LogP contribution in [-0.2, 0) is 0 Å².